The molecule has 1 aliphatic rings. The van der Waals surface area contributed by atoms with E-state index in [0.717, 1.165) is 30.0 Å². The zero-order valence-electron chi connectivity index (χ0n) is 12.6. The van der Waals surface area contributed by atoms with Crippen LogP contribution < -0.4 is 14.8 Å². The van der Waals surface area contributed by atoms with E-state index in [1.165, 1.54) is 12.8 Å². The van der Waals surface area contributed by atoms with Gasteiger partial charge in [0, 0.05) is 18.9 Å². The minimum atomic E-state index is 0.293. The summed E-state index contributed by atoms with van der Waals surface area (Å²) in [6.45, 7) is 2.61. The van der Waals surface area contributed by atoms with Gasteiger partial charge in [-0.05, 0) is 31.9 Å². The van der Waals surface area contributed by atoms with Gasteiger partial charge in [-0.3, -0.25) is 0 Å². The van der Waals surface area contributed by atoms with E-state index in [1.807, 2.05) is 25.1 Å². The Balaban J connectivity index is 2.08. The van der Waals surface area contributed by atoms with Gasteiger partial charge in [0.1, 0.15) is 0 Å². The van der Waals surface area contributed by atoms with Gasteiger partial charge in [0.05, 0.1) is 25.9 Å². The highest BCUT2D eigenvalue weighted by Gasteiger charge is 2.24. The molecule has 1 N–H and O–H groups in total. The Bertz CT molecular complexity index is 422. The molecule has 20 heavy (non-hydrogen) atoms. The Kier molecular flexibility index (Phi) is 5.53. The molecule has 0 aliphatic heterocycles. The van der Waals surface area contributed by atoms with E-state index in [1.54, 1.807) is 14.2 Å². The fraction of sp³-hybridized carbons (Fsp3) is 0.625. The molecule has 0 bridgehead atoms. The van der Waals surface area contributed by atoms with Gasteiger partial charge >= 0.3 is 0 Å². The molecule has 1 aliphatic carbocycles. The molecule has 112 valence electrons. The zero-order valence-corrected chi connectivity index (χ0v) is 12.6. The largest absolute Gasteiger partial charge is 0.493 e. The van der Waals surface area contributed by atoms with Crippen LogP contribution in [0.2, 0.25) is 0 Å². The molecule has 1 aromatic rings. The molecule has 4 nitrogen and oxygen atoms in total. The number of ether oxygens (including phenoxy) is 3. The van der Waals surface area contributed by atoms with Crippen LogP contribution in [0.25, 0.3) is 0 Å². The number of methoxy groups -OCH3 is 2. The molecule has 2 unspecified atom stereocenters. The first-order chi connectivity index (χ1) is 9.78. The monoisotopic (exact) mass is 279 g/mol. The summed E-state index contributed by atoms with van der Waals surface area (Å²) < 4.78 is 16.5. The number of hydrogen-bond acceptors (Lipinski definition) is 4. The van der Waals surface area contributed by atoms with Gasteiger partial charge in [-0.1, -0.05) is 12.8 Å². The fourth-order valence-electron chi connectivity index (χ4n) is 2.79. The summed E-state index contributed by atoms with van der Waals surface area (Å²) in [5.41, 5.74) is 1.05. The fourth-order valence-corrected chi connectivity index (χ4v) is 2.79. The van der Waals surface area contributed by atoms with Crippen molar-refractivity contribution in [3.63, 3.8) is 0 Å². The Morgan fingerprint density at radius 1 is 1.15 bits per heavy atom. The quantitative estimate of drug-likeness (QED) is 0.865. The summed E-state index contributed by atoms with van der Waals surface area (Å²) in [7, 11) is 3.46. The maximum atomic E-state index is 5.58. The lowest BCUT2D eigenvalue weighted by Gasteiger charge is -2.32. The minimum Gasteiger partial charge on any atom is -0.493 e. The Morgan fingerprint density at radius 3 is 2.65 bits per heavy atom. The number of hydrogen-bond donors (Lipinski definition) is 1. The van der Waals surface area contributed by atoms with Gasteiger partial charge in [0.15, 0.2) is 11.5 Å². The van der Waals surface area contributed by atoms with E-state index in [0.29, 0.717) is 18.8 Å². The number of nitrogens with one attached hydrogen (secondary N) is 1. The average molecular weight is 279 g/mol. The van der Waals surface area contributed by atoms with E-state index in [2.05, 4.69) is 5.32 Å². The summed E-state index contributed by atoms with van der Waals surface area (Å²) >= 11 is 0. The molecule has 0 saturated heterocycles. The lowest BCUT2D eigenvalue weighted by atomic mass is 9.92. The van der Waals surface area contributed by atoms with Crippen molar-refractivity contribution >= 4 is 5.69 Å². The zero-order chi connectivity index (χ0) is 14.4. The second-order valence-electron chi connectivity index (χ2n) is 5.11. The molecule has 4 heteroatoms. The standard InChI is InChI=1S/C16H25NO3/c1-4-20-15-10-9-12(11-16(15)19-3)17-13-7-5-6-8-14(13)18-2/h9-11,13-14,17H,4-8H2,1-3H3. The van der Waals surface area contributed by atoms with Gasteiger partial charge in [0.2, 0.25) is 0 Å². The highest BCUT2D eigenvalue weighted by atomic mass is 16.5. The molecular weight excluding hydrogens is 254 g/mol. The van der Waals surface area contributed by atoms with Crippen molar-refractivity contribution in [2.45, 2.75) is 44.8 Å². The third-order valence-corrected chi connectivity index (χ3v) is 3.82. The highest BCUT2D eigenvalue weighted by molar-refractivity contribution is 5.55. The van der Waals surface area contributed by atoms with Crippen LogP contribution in [0.3, 0.4) is 0 Å². The third-order valence-electron chi connectivity index (χ3n) is 3.82. The second-order valence-corrected chi connectivity index (χ2v) is 5.11. The van der Waals surface area contributed by atoms with Crippen molar-refractivity contribution in [3.05, 3.63) is 18.2 Å². The first-order valence-corrected chi connectivity index (χ1v) is 7.38. The molecule has 1 fully saturated rings. The van der Waals surface area contributed by atoms with E-state index in [4.69, 9.17) is 14.2 Å². The molecule has 2 rings (SSSR count). The normalized spacial score (nSPS) is 22.4. The van der Waals surface area contributed by atoms with Crippen molar-refractivity contribution in [2.24, 2.45) is 0 Å². The smallest absolute Gasteiger partial charge is 0.162 e. The molecule has 0 aromatic heterocycles. The second kappa shape index (κ2) is 7.39. The van der Waals surface area contributed by atoms with E-state index in [9.17, 15) is 0 Å². The van der Waals surface area contributed by atoms with Crippen LogP contribution in [0.1, 0.15) is 32.6 Å². The SMILES string of the molecule is CCOc1ccc(NC2CCCCC2OC)cc1OC. The minimum absolute atomic E-state index is 0.293. The number of benzene rings is 1. The molecule has 0 amide bonds. The van der Waals surface area contributed by atoms with Crippen molar-refractivity contribution in [3.8, 4) is 11.5 Å². The van der Waals surface area contributed by atoms with Crippen molar-refractivity contribution in [2.75, 3.05) is 26.1 Å². The average Bonchev–Trinajstić information content (AvgIpc) is 2.49. The first-order valence-electron chi connectivity index (χ1n) is 7.38. The molecule has 1 saturated carbocycles. The van der Waals surface area contributed by atoms with E-state index < -0.39 is 0 Å². The van der Waals surface area contributed by atoms with Crippen LogP contribution in [0.4, 0.5) is 5.69 Å². The maximum absolute atomic E-state index is 5.58. The van der Waals surface area contributed by atoms with Gasteiger partial charge in [-0.2, -0.15) is 0 Å². The molecule has 0 heterocycles. The lowest BCUT2D eigenvalue weighted by Crippen LogP contribution is -2.37. The molecular formula is C16H25NO3. The van der Waals surface area contributed by atoms with Crippen molar-refractivity contribution in [1.82, 2.24) is 0 Å². The van der Waals surface area contributed by atoms with Crippen LogP contribution in [-0.2, 0) is 4.74 Å². The van der Waals surface area contributed by atoms with E-state index >= 15 is 0 Å². The van der Waals surface area contributed by atoms with Gasteiger partial charge in [-0.25, -0.2) is 0 Å². The Labute approximate surface area is 121 Å². The van der Waals surface area contributed by atoms with Crippen LogP contribution in [0.15, 0.2) is 18.2 Å². The molecule has 0 spiro atoms. The summed E-state index contributed by atoms with van der Waals surface area (Å²) in [4.78, 5) is 0. The predicted octanol–water partition coefficient (Wildman–Crippen LogP) is 3.46. The highest BCUT2D eigenvalue weighted by Crippen LogP contribution is 2.32. The van der Waals surface area contributed by atoms with Gasteiger partial charge < -0.3 is 19.5 Å². The number of rotatable bonds is 6. The maximum Gasteiger partial charge on any atom is 0.162 e. The number of anilines is 1. The predicted molar refractivity (Wildman–Crippen MR) is 80.8 cm³/mol. The summed E-state index contributed by atoms with van der Waals surface area (Å²) in [5.74, 6) is 1.55. The third kappa shape index (κ3) is 3.57. The van der Waals surface area contributed by atoms with Gasteiger partial charge in [0.25, 0.3) is 0 Å². The summed E-state index contributed by atoms with van der Waals surface area (Å²) in [6, 6.07) is 6.35. The Hall–Kier alpha value is -1.42. The van der Waals surface area contributed by atoms with Gasteiger partial charge in [-0.15, -0.1) is 0 Å². The Morgan fingerprint density at radius 2 is 1.95 bits per heavy atom. The lowest BCUT2D eigenvalue weighted by molar-refractivity contribution is 0.0606. The van der Waals surface area contributed by atoms with Crippen molar-refractivity contribution in [1.29, 1.82) is 0 Å². The molecule has 2 atom stereocenters. The first kappa shape index (κ1) is 15.0. The van der Waals surface area contributed by atoms with Crippen LogP contribution in [0, 0.1) is 0 Å². The van der Waals surface area contributed by atoms with E-state index in [-0.39, 0.29) is 0 Å². The summed E-state index contributed by atoms with van der Waals surface area (Å²) in [6.07, 6.45) is 5.08. The van der Waals surface area contributed by atoms with Crippen LogP contribution in [0.5, 0.6) is 11.5 Å². The molecule has 1 aromatic carbocycles. The summed E-state index contributed by atoms with van der Waals surface area (Å²) in [5, 5.41) is 3.57. The van der Waals surface area contributed by atoms with Crippen LogP contribution >= 0.6 is 0 Å². The topological polar surface area (TPSA) is 39.7 Å². The van der Waals surface area contributed by atoms with Crippen molar-refractivity contribution < 1.29 is 14.2 Å². The molecule has 0 radical (unpaired) electrons. The van der Waals surface area contributed by atoms with Crippen LogP contribution in [-0.4, -0.2) is 33.0 Å².